The van der Waals surface area contributed by atoms with Crippen molar-refractivity contribution in [1.29, 1.82) is 0 Å². The SMILES string of the molecule is CCCCCCOC(=O)c1cscc1C(=O)Nc1ccccc1. The minimum atomic E-state index is -0.430. The Balaban J connectivity index is 1.93. The van der Waals surface area contributed by atoms with Gasteiger partial charge < -0.3 is 10.1 Å². The van der Waals surface area contributed by atoms with E-state index >= 15 is 0 Å². The van der Waals surface area contributed by atoms with Crippen LogP contribution in [0.1, 0.15) is 53.3 Å². The lowest BCUT2D eigenvalue weighted by Crippen LogP contribution is -2.16. The summed E-state index contributed by atoms with van der Waals surface area (Å²) >= 11 is 1.32. The predicted octanol–water partition coefficient (Wildman–Crippen LogP) is 4.74. The molecule has 0 fully saturated rings. The van der Waals surface area contributed by atoms with Gasteiger partial charge in [0.15, 0.2) is 0 Å². The van der Waals surface area contributed by atoms with Crippen LogP contribution in [-0.4, -0.2) is 18.5 Å². The van der Waals surface area contributed by atoms with Crippen LogP contribution in [0.25, 0.3) is 0 Å². The maximum Gasteiger partial charge on any atom is 0.339 e. The van der Waals surface area contributed by atoms with Gasteiger partial charge in [-0.1, -0.05) is 44.4 Å². The van der Waals surface area contributed by atoms with Gasteiger partial charge in [-0.15, -0.1) is 0 Å². The lowest BCUT2D eigenvalue weighted by molar-refractivity contribution is 0.0495. The average molecular weight is 331 g/mol. The summed E-state index contributed by atoms with van der Waals surface area (Å²) < 4.78 is 5.26. The van der Waals surface area contributed by atoms with Gasteiger partial charge in [-0.2, -0.15) is 11.3 Å². The predicted molar refractivity (Wildman–Crippen MR) is 93.1 cm³/mol. The molecule has 0 aliphatic rings. The zero-order valence-corrected chi connectivity index (χ0v) is 14.0. The Bertz CT molecular complexity index is 637. The molecule has 0 radical (unpaired) electrons. The van der Waals surface area contributed by atoms with E-state index in [4.69, 9.17) is 4.74 Å². The highest BCUT2D eigenvalue weighted by Gasteiger charge is 2.19. The smallest absolute Gasteiger partial charge is 0.339 e. The van der Waals surface area contributed by atoms with Crippen LogP contribution in [0.3, 0.4) is 0 Å². The Labute approximate surface area is 140 Å². The number of carbonyl (C=O) groups is 2. The topological polar surface area (TPSA) is 55.4 Å². The van der Waals surface area contributed by atoms with E-state index in [2.05, 4.69) is 12.2 Å². The fourth-order valence-electron chi connectivity index (χ4n) is 2.12. The average Bonchev–Trinajstić information content (AvgIpc) is 3.05. The number of unbranched alkanes of at least 4 members (excludes halogenated alkanes) is 3. The molecular formula is C18H21NO3S. The zero-order chi connectivity index (χ0) is 16.5. The molecule has 0 saturated heterocycles. The molecule has 1 heterocycles. The van der Waals surface area contributed by atoms with Crippen LogP contribution in [0.2, 0.25) is 0 Å². The highest BCUT2D eigenvalue weighted by Crippen LogP contribution is 2.18. The molecule has 23 heavy (non-hydrogen) atoms. The normalized spacial score (nSPS) is 10.3. The minimum absolute atomic E-state index is 0.296. The molecule has 0 bridgehead atoms. The van der Waals surface area contributed by atoms with Gasteiger partial charge >= 0.3 is 5.97 Å². The van der Waals surface area contributed by atoms with E-state index in [1.165, 1.54) is 11.3 Å². The number of thiophene rings is 1. The number of para-hydroxylation sites is 1. The van der Waals surface area contributed by atoms with Gasteiger partial charge in [0, 0.05) is 16.4 Å². The first kappa shape index (κ1) is 17.2. The van der Waals surface area contributed by atoms with Gasteiger partial charge in [-0.25, -0.2) is 4.79 Å². The summed E-state index contributed by atoms with van der Waals surface area (Å²) in [5, 5.41) is 6.12. The first-order valence-corrected chi connectivity index (χ1v) is 8.76. The van der Waals surface area contributed by atoms with Crippen LogP contribution >= 0.6 is 11.3 Å². The van der Waals surface area contributed by atoms with Crippen molar-refractivity contribution in [3.63, 3.8) is 0 Å². The number of hydrogen-bond acceptors (Lipinski definition) is 4. The van der Waals surface area contributed by atoms with Crippen LogP contribution in [0.5, 0.6) is 0 Å². The summed E-state index contributed by atoms with van der Waals surface area (Å²) in [6.07, 6.45) is 4.19. The molecule has 122 valence electrons. The van der Waals surface area contributed by atoms with Crippen molar-refractivity contribution in [2.75, 3.05) is 11.9 Å². The minimum Gasteiger partial charge on any atom is -0.462 e. The quantitative estimate of drug-likeness (QED) is 0.561. The Kier molecular flexibility index (Phi) is 6.81. The van der Waals surface area contributed by atoms with Crippen molar-refractivity contribution in [3.05, 3.63) is 52.2 Å². The van der Waals surface area contributed by atoms with Crippen molar-refractivity contribution >= 4 is 28.9 Å². The molecule has 0 spiro atoms. The molecule has 1 aromatic carbocycles. The van der Waals surface area contributed by atoms with Crippen molar-refractivity contribution < 1.29 is 14.3 Å². The Morgan fingerprint density at radius 3 is 2.52 bits per heavy atom. The summed E-state index contributed by atoms with van der Waals surface area (Å²) in [7, 11) is 0. The molecule has 1 amide bonds. The molecule has 4 nitrogen and oxygen atoms in total. The molecule has 1 N–H and O–H groups in total. The highest BCUT2D eigenvalue weighted by atomic mass is 32.1. The third-order valence-corrected chi connectivity index (χ3v) is 4.13. The van der Waals surface area contributed by atoms with E-state index in [0.717, 1.165) is 25.7 Å². The molecule has 0 aliphatic heterocycles. The van der Waals surface area contributed by atoms with Gasteiger partial charge in [0.05, 0.1) is 17.7 Å². The number of hydrogen-bond donors (Lipinski definition) is 1. The number of rotatable bonds is 8. The fraction of sp³-hybridized carbons (Fsp3) is 0.333. The molecular weight excluding hydrogens is 310 g/mol. The third-order valence-electron chi connectivity index (χ3n) is 3.39. The van der Waals surface area contributed by atoms with Crippen LogP contribution in [0.15, 0.2) is 41.1 Å². The van der Waals surface area contributed by atoms with Gasteiger partial charge in [0.2, 0.25) is 0 Å². The van der Waals surface area contributed by atoms with E-state index in [-0.39, 0.29) is 5.91 Å². The van der Waals surface area contributed by atoms with Crippen LogP contribution in [-0.2, 0) is 4.74 Å². The summed E-state index contributed by atoms with van der Waals surface area (Å²) in [5.74, 6) is -0.726. The second kappa shape index (κ2) is 9.10. The maximum atomic E-state index is 12.3. The van der Waals surface area contributed by atoms with Crippen molar-refractivity contribution in [2.24, 2.45) is 0 Å². The van der Waals surface area contributed by atoms with Gasteiger partial charge in [-0.05, 0) is 18.6 Å². The third kappa shape index (κ3) is 5.21. The maximum absolute atomic E-state index is 12.3. The molecule has 0 atom stereocenters. The number of esters is 1. The van der Waals surface area contributed by atoms with Crippen molar-refractivity contribution in [2.45, 2.75) is 32.6 Å². The highest BCUT2D eigenvalue weighted by molar-refractivity contribution is 7.08. The Morgan fingerprint density at radius 1 is 1.04 bits per heavy atom. The molecule has 0 unspecified atom stereocenters. The van der Waals surface area contributed by atoms with Crippen LogP contribution in [0, 0.1) is 0 Å². The summed E-state index contributed by atoms with van der Waals surface area (Å²) in [6, 6.07) is 9.16. The van der Waals surface area contributed by atoms with E-state index in [1.807, 2.05) is 18.2 Å². The van der Waals surface area contributed by atoms with Gasteiger partial charge in [-0.3, -0.25) is 4.79 Å². The number of carbonyl (C=O) groups excluding carboxylic acids is 2. The molecule has 0 aliphatic carbocycles. The zero-order valence-electron chi connectivity index (χ0n) is 13.2. The molecule has 2 aromatic rings. The molecule has 0 saturated carbocycles. The first-order chi connectivity index (χ1) is 11.2. The molecule has 2 rings (SSSR count). The van der Waals surface area contributed by atoms with E-state index in [1.54, 1.807) is 22.9 Å². The van der Waals surface area contributed by atoms with Gasteiger partial charge in [0.1, 0.15) is 0 Å². The van der Waals surface area contributed by atoms with Crippen LogP contribution < -0.4 is 5.32 Å². The van der Waals surface area contributed by atoms with E-state index in [0.29, 0.717) is 23.4 Å². The summed E-state index contributed by atoms with van der Waals surface area (Å²) in [5.41, 5.74) is 1.39. The Morgan fingerprint density at radius 2 is 1.78 bits per heavy atom. The van der Waals surface area contributed by atoms with Crippen molar-refractivity contribution in [1.82, 2.24) is 0 Å². The lowest BCUT2D eigenvalue weighted by atomic mass is 10.2. The lowest BCUT2D eigenvalue weighted by Gasteiger charge is -2.07. The number of ether oxygens (including phenoxy) is 1. The number of benzene rings is 1. The Hall–Kier alpha value is -2.14. The van der Waals surface area contributed by atoms with Gasteiger partial charge in [0.25, 0.3) is 5.91 Å². The summed E-state index contributed by atoms with van der Waals surface area (Å²) in [4.78, 5) is 24.4. The second-order valence-electron chi connectivity index (χ2n) is 5.22. The molecule has 1 aromatic heterocycles. The van der Waals surface area contributed by atoms with Crippen LogP contribution in [0.4, 0.5) is 5.69 Å². The van der Waals surface area contributed by atoms with E-state index in [9.17, 15) is 9.59 Å². The number of amides is 1. The fourth-order valence-corrected chi connectivity index (χ4v) is 2.92. The number of nitrogens with one attached hydrogen (secondary N) is 1. The molecule has 5 heteroatoms. The largest absolute Gasteiger partial charge is 0.462 e. The standard InChI is InChI=1S/C18H21NO3S/c1-2-3-4-8-11-22-18(21)16-13-23-12-15(16)17(20)19-14-9-6-5-7-10-14/h5-7,9-10,12-13H,2-4,8,11H2,1H3,(H,19,20). The first-order valence-electron chi connectivity index (χ1n) is 7.82. The second-order valence-corrected chi connectivity index (χ2v) is 5.96. The summed E-state index contributed by atoms with van der Waals surface area (Å²) in [6.45, 7) is 2.53. The van der Waals surface area contributed by atoms with Crippen molar-refractivity contribution in [3.8, 4) is 0 Å². The van der Waals surface area contributed by atoms with E-state index < -0.39 is 5.97 Å². The monoisotopic (exact) mass is 331 g/mol. The number of anilines is 1.